The van der Waals surface area contributed by atoms with E-state index >= 15 is 0 Å². The molecule has 0 aromatic carbocycles. The van der Waals surface area contributed by atoms with Gasteiger partial charge in [0.15, 0.2) is 0 Å². The van der Waals surface area contributed by atoms with Crippen molar-refractivity contribution in [3.8, 4) is 0 Å². The van der Waals surface area contributed by atoms with E-state index in [0.717, 1.165) is 6.42 Å². The van der Waals surface area contributed by atoms with Crippen molar-refractivity contribution in [2.24, 2.45) is 5.73 Å². The topological polar surface area (TPSA) is 116 Å². The number of aryl methyl sites for hydroxylation is 2. The molecule has 2 aromatic heterocycles. The molecule has 0 amide bonds. The molecule has 3 N–H and O–H groups in total. The number of hydrogen-bond acceptors (Lipinski definition) is 6. The molecule has 0 radical (unpaired) electrons. The van der Waals surface area contributed by atoms with Crippen molar-refractivity contribution in [1.82, 2.24) is 19.7 Å². The maximum atomic E-state index is 12.1. The Kier molecular flexibility index (Phi) is 4.53. The maximum absolute atomic E-state index is 12.1. The number of aromatic nitrogens is 3. The van der Waals surface area contributed by atoms with Crippen LogP contribution >= 0.6 is 0 Å². The zero-order valence-electron chi connectivity index (χ0n) is 11.1. The zero-order chi connectivity index (χ0) is 14.6. The van der Waals surface area contributed by atoms with Gasteiger partial charge in [-0.15, -0.1) is 0 Å². The van der Waals surface area contributed by atoms with Crippen molar-refractivity contribution >= 4 is 10.0 Å². The monoisotopic (exact) mass is 299 g/mol. The zero-order valence-corrected chi connectivity index (χ0v) is 11.9. The normalized spacial score (nSPS) is 11.9. The predicted octanol–water partition coefficient (Wildman–Crippen LogP) is 0.00682. The van der Waals surface area contributed by atoms with E-state index in [-0.39, 0.29) is 11.4 Å². The molecular weight excluding hydrogens is 282 g/mol. The summed E-state index contributed by atoms with van der Waals surface area (Å²) in [6, 6.07) is 1.67. The third-order valence-corrected chi connectivity index (χ3v) is 3.99. The smallest absolute Gasteiger partial charge is 0.244 e. The molecule has 0 aliphatic rings. The van der Waals surface area contributed by atoms with Gasteiger partial charge in [0.2, 0.25) is 10.0 Å². The van der Waals surface area contributed by atoms with Crippen LogP contribution < -0.4 is 10.5 Å². The highest BCUT2D eigenvalue weighted by molar-refractivity contribution is 7.89. The molecule has 0 saturated heterocycles. The third-order valence-electron chi connectivity index (χ3n) is 2.63. The van der Waals surface area contributed by atoms with Gasteiger partial charge in [0.25, 0.3) is 0 Å². The molecule has 0 spiro atoms. The second-order valence-corrected chi connectivity index (χ2v) is 6.10. The predicted molar refractivity (Wildman–Crippen MR) is 71.2 cm³/mol. The van der Waals surface area contributed by atoms with Crippen molar-refractivity contribution in [3.05, 3.63) is 29.9 Å². The lowest BCUT2D eigenvalue weighted by Crippen LogP contribution is -2.23. The molecule has 20 heavy (non-hydrogen) atoms. The number of rotatable bonds is 7. The third kappa shape index (κ3) is 3.65. The molecule has 0 fully saturated rings. The lowest BCUT2D eigenvalue weighted by atomic mass is 10.4. The van der Waals surface area contributed by atoms with Gasteiger partial charge in [0.05, 0.1) is 18.4 Å². The summed E-state index contributed by atoms with van der Waals surface area (Å²) in [6.45, 7) is 2.94. The Balaban J connectivity index is 2.00. The van der Waals surface area contributed by atoms with Crippen molar-refractivity contribution in [3.63, 3.8) is 0 Å². The first kappa shape index (κ1) is 14.7. The number of sulfonamides is 1. The summed E-state index contributed by atoms with van der Waals surface area (Å²) in [5.74, 6) is 0.633. The quantitative estimate of drug-likeness (QED) is 0.743. The summed E-state index contributed by atoms with van der Waals surface area (Å²) >= 11 is 0. The van der Waals surface area contributed by atoms with Crippen LogP contribution in [-0.2, 0) is 23.1 Å². The van der Waals surface area contributed by atoms with Crippen LogP contribution in [-0.4, -0.2) is 29.9 Å². The van der Waals surface area contributed by atoms with Crippen LogP contribution in [0, 0.1) is 6.92 Å². The molecule has 0 aliphatic heterocycles. The fourth-order valence-electron chi connectivity index (χ4n) is 1.61. The first-order valence-electron chi connectivity index (χ1n) is 6.15. The molecule has 0 bridgehead atoms. The van der Waals surface area contributed by atoms with Gasteiger partial charge in [-0.05, 0) is 19.9 Å². The molecule has 2 heterocycles. The highest BCUT2D eigenvalue weighted by atomic mass is 32.2. The van der Waals surface area contributed by atoms with Crippen molar-refractivity contribution < 1.29 is 12.9 Å². The van der Waals surface area contributed by atoms with E-state index in [1.165, 1.54) is 12.4 Å². The largest absolute Gasteiger partial charge is 0.361 e. The number of hydrogen-bond donors (Lipinski definition) is 2. The van der Waals surface area contributed by atoms with Gasteiger partial charge in [0.1, 0.15) is 10.7 Å². The first-order chi connectivity index (χ1) is 9.51. The van der Waals surface area contributed by atoms with Crippen molar-refractivity contribution in [2.75, 3.05) is 6.54 Å². The minimum absolute atomic E-state index is 0.0770. The Hall–Kier alpha value is -1.71. The van der Waals surface area contributed by atoms with Crippen LogP contribution in [0.4, 0.5) is 0 Å². The lowest BCUT2D eigenvalue weighted by Gasteiger charge is -2.02. The minimum atomic E-state index is -3.60. The van der Waals surface area contributed by atoms with E-state index in [0.29, 0.717) is 24.5 Å². The summed E-state index contributed by atoms with van der Waals surface area (Å²) in [5, 5.41) is 7.71. The molecule has 9 heteroatoms. The molecule has 8 nitrogen and oxygen atoms in total. The number of nitrogens with one attached hydrogen (secondary N) is 1. The van der Waals surface area contributed by atoms with E-state index in [9.17, 15) is 8.42 Å². The number of nitrogens with two attached hydrogens (primary N) is 1. The average molecular weight is 299 g/mol. The Morgan fingerprint density at radius 2 is 2.30 bits per heavy atom. The van der Waals surface area contributed by atoms with E-state index in [1.54, 1.807) is 17.7 Å². The van der Waals surface area contributed by atoms with Crippen molar-refractivity contribution in [2.45, 2.75) is 31.3 Å². The van der Waals surface area contributed by atoms with Crippen molar-refractivity contribution in [1.29, 1.82) is 0 Å². The first-order valence-corrected chi connectivity index (χ1v) is 7.64. The van der Waals surface area contributed by atoms with Crippen LogP contribution in [0.15, 0.2) is 27.9 Å². The summed E-state index contributed by atoms with van der Waals surface area (Å²) in [4.78, 5) is 0.120. The molecule has 110 valence electrons. The van der Waals surface area contributed by atoms with Gasteiger partial charge in [-0.3, -0.25) is 4.68 Å². The Morgan fingerprint density at radius 1 is 1.50 bits per heavy atom. The van der Waals surface area contributed by atoms with E-state index in [2.05, 4.69) is 15.0 Å². The SMILES string of the molecule is Cc1cc(CNS(=O)(=O)c2cnn(CCCN)c2)no1. The van der Waals surface area contributed by atoms with E-state index in [4.69, 9.17) is 10.3 Å². The molecule has 2 aromatic rings. The van der Waals surface area contributed by atoms with Crippen LogP contribution in [0.1, 0.15) is 17.9 Å². The fourth-order valence-corrected chi connectivity index (χ4v) is 2.56. The van der Waals surface area contributed by atoms with Crippen LogP contribution in [0.2, 0.25) is 0 Å². The molecule has 0 atom stereocenters. The molecule has 0 aliphatic carbocycles. The van der Waals surface area contributed by atoms with E-state index in [1.807, 2.05) is 0 Å². The van der Waals surface area contributed by atoms with Crippen LogP contribution in [0.5, 0.6) is 0 Å². The van der Waals surface area contributed by atoms with Crippen LogP contribution in [0.25, 0.3) is 0 Å². The molecule has 0 saturated carbocycles. The Morgan fingerprint density at radius 3 is 2.95 bits per heavy atom. The van der Waals surface area contributed by atoms with Gasteiger partial charge in [-0.2, -0.15) is 5.10 Å². The second kappa shape index (κ2) is 6.16. The van der Waals surface area contributed by atoms with Gasteiger partial charge in [-0.25, -0.2) is 13.1 Å². The molecule has 0 unspecified atom stereocenters. The fraction of sp³-hybridized carbons (Fsp3) is 0.455. The summed E-state index contributed by atoms with van der Waals surface area (Å²) in [6.07, 6.45) is 3.53. The average Bonchev–Trinajstić information content (AvgIpc) is 3.03. The van der Waals surface area contributed by atoms with E-state index < -0.39 is 10.0 Å². The maximum Gasteiger partial charge on any atom is 0.244 e. The van der Waals surface area contributed by atoms with Gasteiger partial charge >= 0.3 is 0 Å². The van der Waals surface area contributed by atoms with Gasteiger partial charge in [-0.1, -0.05) is 5.16 Å². The molecular formula is C11H17N5O3S. The Labute approximate surface area is 117 Å². The molecule has 2 rings (SSSR count). The summed E-state index contributed by atoms with van der Waals surface area (Å²) < 4.78 is 33.0. The second-order valence-electron chi connectivity index (χ2n) is 4.33. The Bertz CT molecular complexity index is 661. The standard InChI is InChI=1S/C11H17N5O3S/c1-9-5-10(15-19-9)6-14-20(17,18)11-7-13-16(8-11)4-2-3-12/h5,7-8,14H,2-4,6,12H2,1H3. The van der Waals surface area contributed by atoms with Gasteiger partial charge in [0, 0.05) is 18.8 Å². The summed E-state index contributed by atoms with van der Waals surface area (Å²) in [7, 11) is -3.60. The highest BCUT2D eigenvalue weighted by Crippen LogP contribution is 2.09. The summed E-state index contributed by atoms with van der Waals surface area (Å²) in [5.41, 5.74) is 5.92. The number of nitrogens with zero attached hydrogens (tertiary/aromatic N) is 3. The van der Waals surface area contributed by atoms with Crippen LogP contribution in [0.3, 0.4) is 0 Å². The van der Waals surface area contributed by atoms with Gasteiger partial charge < -0.3 is 10.3 Å². The lowest BCUT2D eigenvalue weighted by molar-refractivity contribution is 0.390. The minimum Gasteiger partial charge on any atom is -0.361 e. The highest BCUT2D eigenvalue weighted by Gasteiger charge is 2.16.